The Labute approximate surface area is 133 Å². The summed E-state index contributed by atoms with van der Waals surface area (Å²) in [4.78, 5) is 13.0. The summed E-state index contributed by atoms with van der Waals surface area (Å²) in [6.07, 6.45) is 4.91. The Morgan fingerprint density at radius 2 is 2.27 bits per heavy atom. The van der Waals surface area contributed by atoms with Crippen molar-refractivity contribution in [2.45, 2.75) is 11.4 Å². The van der Waals surface area contributed by atoms with Gasteiger partial charge in [0.1, 0.15) is 17.4 Å². The number of rotatable bonds is 6. The lowest BCUT2D eigenvalue weighted by atomic mass is 10.2. The lowest BCUT2D eigenvalue weighted by molar-refractivity contribution is -0.117. The average Bonchev–Trinajstić information content (AvgIpc) is 3.07. The van der Waals surface area contributed by atoms with Gasteiger partial charge in [-0.1, -0.05) is 6.07 Å². The Kier molecular flexibility index (Phi) is 5.69. The first kappa shape index (κ1) is 15.7. The fraction of sp³-hybridized carbons (Fsp3) is 0.125. The van der Waals surface area contributed by atoms with Gasteiger partial charge < -0.3 is 15.1 Å². The van der Waals surface area contributed by atoms with Crippen LogP contribution in [0.25, 0.3) is 0 Å². The van der Waals surface area contributed by atoms with Gasteiger partial charge in [-0.2, -0.15) is 5.26 Å². The topological polar surface area (TPSA) is 78.1 Å². The summed E-state index contributed by atoms with van der Waals surface area (Å²) in [7, 11) is 0. The number of nitrogens with zero attached hydrogens (tertiary/aromatic N) is 1. The van der Waals surface area contributed by atoms with Crippen LogP contribution in [0.15, 0.2) is 63.7 Å². The second-order valence-corrected chi connectivity index (χ2v) is 5.19. The fourth-order valence-corrected chi connectivity index (χ4v) is 2.15. The molecule has 1 heterocycles. The third-order valence-electron chi connectivity index (χ3n) is 2.82. The molecule has 0 saturated carbocycles. The van der Waals surface area contributed by atoms with E-state index in [1.165, 1.54) is 12.5 Å². The van der Waals surface area contributed by atoms with E-state index < -0.39 is 5.91 Å². The maximum atomic E-state index is 11.9. The van der Waals surface area contributed by atoms with Crippen LogP contribution in [0.2, 0.25) is 0 Å². The lowest BCUT2D eigenvalue weighted by Crippen LogP contribution is -2.24. The monoisotopic (exact) mass is 313 g/mol. The number of amides is 1. The highest BCUT2D eigenvalue weighted by atomic mass is 32.2. The number of furan rings is 1. The molecule has 2 aromatic rings. The number of carbonyl (C=O) groups is 1. The summed E-state index contributed by atoms with van der Waals surface area (Å²) in [5, 5.41) is 14.7. The second kappa shape index (κ2) is 7.96. The van der Waals surface area contributed by atoms with Crippen LogP contribution in [0.4, 0.5) is 5.69 Å². The van der Waals surface area contributed by atoms with E-state index in [4.69, 9.17) is 9.68 Å². The van der Waals surface area contributed by atoms with Crippen molar-refractivity contribution >= 4 is 23.4 Å². The molecule has 0 unspecified atom stereocenters. The van der Waals surface area contributed by atoms with Crippen LogP contribution in [0.1, 0.15) is 5.76 Å². The summed E-state index contributed by atoms with van der Waals surface area (Å²) in [5.41, 5.74) is 0.819. The van der Waals surface area contributed by atoms with Gasteiger partial charge in [0, 0.05) is 16.8 Å². The van der Waals surface area contributed by atoms with Gasteiger partial charge in [0.05, 0.1) is 12.8 Å². The minimum atomic E-state index is -0.451. The van der Waals surface area contributed by atoms with Crippen LogP contribution in [0.5, 0.6) is 0 Å². The van der Waals surface area contributed by atoms with E-state index in [1.807, 2.05) is 36.6 Å². The summed E-state index contributed by atoms with van der Waals surface area (Å²) < 4.78 is 5.12. The normalized spacial score (nSPS) is 10.8. The Morgan fingerprint density at radius 3 is 2.95 bits per heavy atom. The Balaban J connectivity index is 1.97. The molecular formula is C16H15N3O2S. The molecule has 1 aromatic heterocycles. The highest BCUT2D eigenvalue weighted by Crippen LogP contribution is 2.19. The van der Waals surface area contributed by atoms with Crippen molar-refractivity contribution in [1.82, 2.24) is 5.32 Å². The lowest BCUT2D eigenvalue weighted by Gasteiger charge is -2.05. The summed E-state index contributed by atoms with van der Waals surface area (Å²) in [6.45, 7) is 0.243. The van der Waals surface area contributed by atoms with Crippen molar-refractivity contribution in [2.24, 2.45) is 0 Å². The molecular weight excluding hydrogens is 298 g/mol. The number of nitriles is 1. The summed E-state index contributed by atoms with van der Waals surface area (Å²) >= 11 is 1.62. The molecule has 6 heteroatoms. The molecule has 2 N–H and O–H groups in total. The third-order valence-corrected chi connectivity index (χ3v) is 3.55. The average molecular weight is 313 g/mol. The number of nitrogens with one attached hydrogen (secondary N) is 2. The second-order valence-electron chi connectivity index (χ2n) is 4.31. The Hall–Kier alpha value is -2.65. The van der Waals surface area contributed by atoms with E-state index in [0.717, 1.165) is 10.6 Å². The van der Waals surface area contributed by atoms with E-state index in [0.29, 0.717) is 5.76 Å². The van der Waals surface area contributed by atoms with E-state index in [9.17, 15) is 4.79 Å². The van der Waals surface area contributed by atoms with Gasteiger partial charge in [-0.25, -0.2) is 0 Å². The van der Waals surface area contributed by atoms with Gasteiger partial charge >= 0.3 is 0 Å². The molecule has 0 atom stereocenters. The van der Waals surface area contributed by atoms with Crippen LogP contribution >= 0.6 is 11.8 Å². The largest absolute Gasteiger partial charge is 0.467 e. The molecule has 1 aromatic carbocycles. The van der Waals surface area contributed by atoms with Crippen molar-refractivity contribution < 1.29 is 9.21 Å². The van der Waals surface area contributed by atoms with Crippen LogP contribution < -0.4 is 10.6 Å². The zero-order valence-corrected chi connectivity index (χ0v) is 12.8. The quantitative estimate of drug-likeness (QED) is 0.486. The first-order valence-corrected chi connectivity index (χ1v) is 7.77. The van der Waals surface area contributed by atoms with E-state index in [-0.39, 0.29) is 12.1 Å². The first-order chi connectivity index (χ1) is 10.7. The molecule has 2 rings (SSSR count). The summed E-state index contributed by atoms with van der Waals surface area (Å²) in [6, 6.07) is 13.1. The maximum absolute atomic E-state index is 11.9. The third kappa shape index (κ3) is 4.43. The first-order valence-electron chi connectivity index (χ1n) is 6.54. The zero-order chi connectivity index (χ0) is 15.8. The van der Waals surface area contributed by atoms with Crippen molar-refractivity contribution in [3.05, 3.63) is 60.2 Å². The van der Waals surface area contributed by atoms with E-state index >= 15 is 0 Å². The molecule has 0 aliphatic carbocycles. The Bertz CT molecular complexity index is 702. The van der Waals surface area contributed by atoms with Crippen LogP contribution in [0.3, 0.4) is 0 Å². The molecule has 1 amide bonds. The highest BCUT2D eigenvalue weighted by Gasteiger charge is 2.09. The summed E-state index contributed by atoms with van der Waals surface area (Å²) in [5.74, 6) is 0.179. The molecule has 0 spiro atoms. The number of benzene rings is 1. The SMILES string of the molecule is CSc1cccc(N/C=C(/C#N)C(=O)NCc2ccco2)c1. The van der Waals surface area contributed by atoms with Gasteiger partial charge in [0.2, 0.25) is 0 Å². The number of anilines is 1. The standard InChI is InChI=1S/C16H15N3O2S/c1-22-15-6-2-4-13(8-15)18-10-12(9-17)16(20)19-11-14-5-3-7-21-14/h2-8,10,18H,11H2,1H3,(H,19,20)/b12-10-. The fourth-order valence-electron chi connectivity index (χ4n) is 1.69. The predicted molar refractivity (Wildman–Crippen MR) is 86.1 cm³/mol. The highest BCUT2D eigenvalue weighted by molar-refractivity contribution is 7.98. The molecule has 0 radical (unpaired) electrons. The predicted octanol–water partition coefficient (Wildman–Crippen LogP) is 3.14. The van der Waals surface area contributed by atoms with Crippen LogP contribution in [-0.4, -0.2) is 12.2 Å². The minimum absolute atomic E-state index is 0.00103. The molecule has 0 bridgehead atoms. The maximum Gasteiger partial charge on any atom is 0.263 e. The molecule has 0 fully saturated rings. The van der Waals surface area contributed by atoms with E-state index in [1.54, 1.807) is 23.9 Å². The van der Waals surface area contributed by atoms with Crippen molar-refractivity contribution in [3.63, 3.8) is 0 Å². The number of thioether (sulfide) groups is 1. The van der Waals surface area contributed by atoms with Gasteiger partial charge in [0.15, 0.2) is 0 Å². The van der Waals surface area contributed by atoms with Crippen LogP contribution in [0, 0.1) is 11.3 Å². The van der Waals surface area contributed by atoms with Gasteiger partial charge in [-0.05, 0) is 36.6 Å². The molecule has 112 valence electrons. The van der Waals surface area contributed by atoms with E-state index in [2.05, 4.69) is 10.6 Å². The number of carbonyl (C=O) groups excluding carboxylic acids is 1. The van der Waals surface area contributed by atoms with Crippen molar-refractivity contribution in [3.8, 4) is 6.07 Å². The van der Waals surface area contributed by atoms with Gasteiger partial charge in [-0.3, -0.25) is 4.79 Å². The zero-order valence-electron chi connectivity index (χ0n) is 12.0. The van der Waals surface area contributed by atoms with Crippen LogP contribution in [-0.2, 0) is 11.3 Å². The molecule has 22 heavy (non-hydrogen) atoms. The molecule has 0 aliphatic heterocycles. The smallest absolute Gasteiger partial charge is 0.263 e. The molecule has 5 nitrogen and oxygen atoms in total. The van der Waals surface area contributed by atoms with Gasteiger partial charge in [-0.15, -0.1) is 11.8 Å². The number of hydrogen-bond acceptors (Lipinski definition) is 5. The van der Waals surface area contributed by atoms with Gasteiger partial charge in [0.25, 0.3) is 5.91 Å². The molecule has 0 aliphatic rings. The number of hydrogen-bond donors (Lipinski definition) is 2. The van der Waals surface area contributed by atoms with Crippen molar-refractivity contribution in [2.75, 3.05) is 11.6 Å². The van der Waals surface area contributed by atoms with Crippen molar-refractivity contribution in [1.29, 1.82) is 5.26 Å². The Morgan fingerprint density at radius 1 is 1.41 bits per heavy atom. The minimum Gasteiger partial charge on any atom is -0.467 e. The molecule has 0 saturated heterocycles.